The molecule has 2 aromatic rings. The summed E-state index contributed by atoms with van der Waals surface area (Å²) in [7, 11) is 0. The lowest BCUT2D eigenvalue weighted by atomic mass is 10.2. The topological polar surface area (TPSA) is 83.8 Å². The van der Waals surface area contributed by atoms with Gasteiger partial charge in [0.05, 0.1) is 11.6 Å². The van der Waals surface area contributed by atoms with Gasteiger partial charge in [0.15, 0.2) is 0 Å². The molecule has 0 radical (unpaired) electrons. The van der Waals surface area contributed by atoms with Gasteiger partial charge in [-0.1, -0.05) is 6.07 Å². The summed E-state index contributed by atoms with van der Waals surface area (Å²) in [4.78, 5) is 4.07. The van der Waals surface area contributed by atoms with Crippen molar-refractivity contribution in [3.63, 3.8) is 0 Å². The van der Waals surface area contributed by atoms with Gasteiger partial charge in [-0.15, -0.1) is 0 Å². The summed E-state index contributed by atoms with van der Waals surface area (Å²) < 4.78 is 0. The number of hydrogen-bond donors (Lipinski definition) is 2. The predicted molar refractivity (Wildman–Crippen MR) is 65.7 cm³/mol. The van der Waals surface area contributed by atoms with Crippen LogP contribution in [0.4, 0.5) is 17.2 Å². The molecule has 0 unspecified atom stereocenters. The molecule has 0 saturated heterocycles. The second-order valence-corrected chi connectivity index (χ2v) is 3.35. The maximum atomic E-state index is 10.5. The molecule has 0 aliphatic heterocycles. The standard InChI is InChI=1S/C12H9N4O/c13-8-9-2-1-3-10(6-9)15-12-7-11(16-17)4-5-14-12/h1-7H,(H2-,14,15,16,17)/q-1. The van der Waals surface area contributed by atoms with Gasteiger partial charge < -0.3 is 16.0 Å². The van der Waals surface area contributed by atoms with Crippen molar-refractivity contribution in [3.8, 4) is 6.07 Å². The Morgan fingerprint density at radius 2 is 2.06 bits per heavy atom. The van der Waals surface area contributed by atoms with E-state index in [2.05, 4.69) is 16.4 Å². The second-order valence-electron chi connectivity index (χ2n) is 3.35. The zero-order valence-electron chi connectivity index (χ0n) is 8.84. The van der Waals surface area contributed by atoms with Gasteiger partial charge in [0.1, 0.15) is 5.82 Å². The molecule has 0 aliphatic rings. The van der Waals surface area contributed by atoms with Gasteiger partial charge in [-0.3, -0.25) is 0 Å². The molecular weight excluding hydrogens is 216 g/mol. The molecule has 1 aromatic carbocycles. The Morgan fingerprint density at radius 3 is 2.82 bits per heavy atom. The van der Waals surface area contributed by atoms with Crippen LogP contribution in [0, 0.1) is 16.5 Å². The van der Waals surface area contributed by atoms with Crippen molar-refractivity contribution in [1.29, 1.82) is 5.26 Å². The molecule has 2 N–H and O–H groups in total. The van der Waals surface area contributed by atoms with Gasteiger partial charge in [-0.25, -0.2) is 4.98 Å². The number of anilines is 3. The third-order valence-corrected chi connectivity index (χ3v) is 2.14. The molecule has 17 heavy (non-hydrogen) atoms. The van der Waals surface area contributed by atoms with Gasteiger partial charge in [0.25, 0.3) is 0 Å². The normalized spacial score (nSPS) is 9.41. The van der Waals surface area contributed by atoms with E-state index in [-0.39, 0.29) is 0 Å². The molecule has 1 heterocycles. The molecule has 1 aromatic heterocycles. The summed E-state index contributed by atoms with van der Waals surface area (Å²) in [6.45, 7) is 0. The highest BCUT2D eigenvalue weighted by Crippen LogP contribution is 2.18. The SMILES string of the molecule is N#Cc1cccc(Nc2cc(N[O-])ccn2)c1. The Morgan fingerprint density at radius 1 is 1.18 bits per heavy atom. The fourth-order valence-corrected chi connectivity index (χ4v) is 1.38. The Bertz CT molecular complexity index is 562. The molecule has 0 atom stereocenters. The quantitative estimate of drug-likeness (QED) is 0.784. The lowest BCUT2D eigenvalue weighted by Crippen LogP contribution is -1.95. The average molecular weight is 225 g/mol. The summed E-state index contributed by atoms with van der Waals surface area (Å²) in [5.41, 5.74) is 3.54. The Labute approximate surface area is 98.3 Å². The number of benzene rings is 1. The van der Waals surface area contributed by atoms with E-state index in [9.17, 15) is 5.21 Å². The molecule has 0 aliphatic carbocycles. The van der Waals surface area contributed by atoms with Gasteiger partial charge in [0, 0.05) is 23.6 Å². The smallest absolute Gasteiger partial charge is 0.132 e. The Balaban J connectivity index is 2.22. The minimum Gasteiger partial charge on any atom is -0.761 e. The first-order valence-corrected chi connectivity index (χ1v) is 4.93. The molecule has 0 amide bonds. The Hall–Kier alpha value is -2.58. The van der Waals surface area contributed by atoms with E-state index >= 15 is 0 Å². The average Bonchev–Trinajstić information content (AvgIpc) is 2.39. The van der Waals surface area contributed by atoms with E-state index in [1.54, 1.807) is 35.8 Å². The zero-order chi connectivity index (χ0) is 12.1. The molecular formula is C12H9N4O-. The monoisotopic (exact) mass is 225 g/mol. The fraction of sp³-hybridized carbons (Fsp3) is 0. The van der Waals surface area contributed by atoms with Crippen LogP contribution >= 0.6 is 0 Å². The number of hydrogen-bond acceptors (Lipinski definition) is 5. The van der Waals surface area contributed by atoms with E-state index in [0.29, 0.717) is 17.1 Å². The molecule has 5 nitrogen and oxygen atoms in total. The van der Waals surface area contributed by atoms with E-state index in [1.165, 1.54) is 6.20 Å². The summed E-state index contributed by atoms with van der Waals surface area (Å²) in [5, 5.41) is 22.3. The summed E-state index contributed by atoms with van der Waals surface area (Å²) >= 11 is 0. The lowest BCUT2D eigenvalue weighted by molar-refractivity contribution is 1.30. The predicted octanol–water partition coefficient (Wildman–Crippen LogP) is 2.61. The molecule has 0 saturated carbocycles. The van der Waals surface area contributed by atoms with Crippen LogP contribution in [0.15, 0.2) is 42.6 Å². The number of aromatic nitrogens is 1. The second kappa shape index (κ2) is 4.96. The third-order valence-electron chi connectivity index (χ3n) is 2.14. The number of pyridine rings is 1. The van der Waals surface area contributed by atoms with Crippen molar-refractivity contribution in [3.05, 3.63) is 53.4 Å². The van der Waals surface area contributed by atoms with Crippen LogP contribution in [0.3, 0.4) is 0 Å². The first-order chi connectivity index (χ1) is 8.31. The molecule has 5 heteroatoms. The molecule has 0 spiro atoms. The van der Waals surface area contributed by atoms with Crippen LogP contribution in [0.1, 0.15) is 5.56 Å². The van der Waals surface area contributed by atoms with Crippen LogP contribution in [-0.2, 0) is 0 Å². The van der Waals surface area contributed by atoms with Crippen molar-refractivity contribution >= 4 is 17.2 Å². The minimum atomic E-state index is 0.430. The first kappa shape index (κ1) is 10.9. The van der Waals surface area contributed by atoms with Gasteiger partial charge in [-0.05, 0) is 24.3 Å². The zero-order valence-corrected chi connectivity index (χ0v) is 8.84. The fourth-order valence-electron chi connectivity index (χ4n) is 1.38. The molecule has 2 rings (SSSR count). The lowest BCUT2D eigenvalue weighted by Gasteiger charge is -2.11. The number of rotatable bonds is 3. The highest BCUT2D eigenvalue weighted by molar-refractivity contribution is 5.62. The van der Waals surface area contributed by atoms with E-state index in [0.717, 1.165) is 5.69 Å². The molecule has 84 valence electrons. The van der Waals surface area contributed by atoms with Crippen molar-refractivity contribution in [2.24, 2.45) is 0 Å². The summed E-state index contributed by atoms with van der Waals surface area (Å²) in [6, 6.07) is 12.2. The van der Waals surface area contributed by atoms with Gasteiger partial charge in [-0.2, -0.15) is 5.26 Å². The molecule has 0 fully saturated rings. The van der Waals surface area contributed by atoms with Gasteiger partial charge >= 0.3 is 0 Å². The minimum absolute atomic E-state index is 0.430. The van der Waals surface area contributed by atoms with Crippen LogP contribution in [0.25, 0.3) is 0 Å². The van der Waals surface area contributed by atoms with Crippen LogP contribution in [-0.4, -0.2) is 4.98 Å². The van der Waals surface area contributed by atoms with Crippen molar-refractivity contribution < 1.29 is 0 Å². The van der Waals surface area contributed by atoms with Crippen molar-refractivity contribution in [2.45, 2.75) is 0 Å². The summed E-state index contributed by atoms with van der Waals surface area (Å²) in [5.74, 6) is 0.543. The molecule has 0 bridgehead atoms. The maximum Gasteiger partial charge on any atom is 0.132 e. The van der Waals surface area contributed by atoms with Crippen LogP contribution in [0.2, 0.25) is 0 Å². The van der Waals surface area contributed by atoms with E-state index in [1.807, 2.05) is 6.07 Å². The largest absolute Gasteiger partial charge is 0.761 e. The van der Waals surface area contributed by atoms with Crippen LogP contribution in [0.5, 0.6) is 0 Å². The number of nitriles is 1. The summed E-state index contributed by atoms with van der Waals surface area (Å²) in [6.07, 6.45) is 1.52. The van der Waals surface area contributed by atoms with E-state index in [4.69, 9.17) is 5.26 Å². The van der Waals surface area contributed by atoms with Gasteiger partial charge in [0.2, 0.25) is 0 Å². The van der Waals surface area contributed by atoms with E-state index < -0.39 is 0 Å². The third kappa shape index (κ3) is 2.71. The maximum absolute atomic E-state index is 10.5. The Kier molecular flexibility index (Phi) is 3.19. The highest BCUT2D eigenvalue weighted by atomic mass is 16.5. The first-order valence-electron chi connectivity index (χ1n) is 4.93. The van der Waals surface area contributed by atoms with Crippen molar-refractivity contribution in [1.82, 2.24) is 4.98 Å². The van der Waals surface area contributed by atoms with Crippen LogP contribution < -0.4 is 10.8 Å². The number of nitrogens with one attached hydrogen (secondary N) is 2. The highest BCUT2D eigenvalue weighted by Gasteiger charge is 1.98. The van der Waals surface area contributed by atoms with Crippen molar-refractivity contribution in [2.75, 3.05) is 10.8 Å². The number of nitrogens with zero attached hydrogens (tertiary/aromatic N) is 2.